The third kappa shape index (κ3) is 3.56. The minimum Gasteiger partial charge on any atom is -0.467 e. The van der Waals surface area contributed by atoms with E-state index in [0.717, 1.165) is 16.7 Å². The lowest BCUT2D eigenvalue weighted by molar-refractivity contribution is -0.141. The van der Waals surface area contributed by atoms with E-state index >= 15 is 0 Å². The number of methoxy groups -OCH3 is 1. The zero-order valence-corrected chi connectivity index (χ0v) is 13.1. The van der Waals surface area contributed by atoms with Crippen molar-refractivity contribution in [3.05, 3.63) is 64.2 Å². The highest BCUT2D eigenvalue weighted by molar-refractivity contribution is 6.33. The molecule has 0 aliphatic rings. The van der Waals surface area contributed by atoms with Gasteiger partial charge in [0.25, 0.3) is 0 Å². The predicted molar refractivity (Wildman–Crippen MR) is 85.7 cm³/mol. The van der Waals surface area contributed by atoms with Gasteiger partial charge in [0, 0.05) is 0 Å². The number of ether oxygens (including phenoxy) is 1. The molecule has 0 saturated carbocycles. The van der Waals surface area contributed by atoms with E-state index in [1.165, 1.54) is 7.11 Å². The molecule has 0 heterocycles. The summed E-state index contributed by atoms with van der Waals surface area (Å²) >= 11 is 6.15. The maximum Gasteiger partial charge on any atom is 0.332 e. The second-order valence-electron chi connectivity index (χ2n) is 4.94. The summed E-state index contributed by atoms with van der Waals surface area (Å²) in [6.07, 6.45) is 0. The molecule has 1 N–H and O–H groups in total. The van der Waals surface area contributed by atoms with Gasteiger partial charge in [-0.05, 0) is 37.1 Å². The van der Waals surface area contributed by atoms with Crippen LogP contribution in [0.4, 0.5) is 5.69 Å². The first kappa shape index (κ1) is 15.4. The van der Waals surface area contributed by atoms with Crippen LogP contribution in [0.3, 0.4) is 0 Å². The van der Waals surface area contributed by atoms with Crippen LogP contribution in [0.1, 0.15) is 22.7 Å². The van der Waals surface area contributed by atoms with E-state index in [-0.39, 0.29) is 5.97 Å². The summed E-state index contributed by atoms with van der Waals surface area (Å²) < 4.78 is 4.92. The van der Waals surface area contributed by atoms with Gasteiger partial charge in [-0.25, -0.2) is 4.79 Å². The van der Waals surface area contributed by atoms with Gasteiger partial charge in [0.1, 0.15) is 0 Å². The number of carbonyl (C=O) groups is 1. The van der Waals surface area contributed by atoms with Gasteiger partial charge in [-0.3, -0.25) is 0 Å². The zero-order valence-electron chi connectivity index (χ0n) is 12.3. The minimum atomic E-state index is -0.588. The molecule has 21 heavy (non-hydrogen) atoms. The first-order valence-electron chi connectivity index (χ1n) is 6.69. The number of halogens is 1. The van der Waals surface area contributed by atoms with E-state index in [1.54, 1.807) is 6.07 Å². The number of rotatable bonds is 4. The first-order chi connectivity index (χ1) is 10.0. The molecule has 0 bridgehead atoms. The van der Waals surface area contributed by atoms with Gasteiger partial charge >= 0.3 is 5.97 Å². The van der Waals surface area contributed by atoms with E-state index in [4.69, 9.17) is 16.3 Å². The molecule has 0 fully saturated rings. The maximum atomic E-state index is 12.1. The Morgan fingerprint density at radius 2 is 1.90 bits per heavy atom. The minimum absolute atomic E-state index is 0.345. The highest BCUT2D eigenvalue weighted by atomic mass is 35.5. The lowest BCUT2D eigenvalue weighted by Gasteiger charge is -2.20. The normalized spacial score (nSPS) is 11.8. The summed E-state index contributed by atoms with van der Waals surface area (Å²) in [5.41, 5.74) is 3.77. The van der Waals surface area contributed by atoms with Crippen molar-refractivity contribution in [2.24, 2.45) is 0 Å². The molecule has 3 nitrogen and oxygen atoms in total. The Kier molecular flexibility index (Phi) is 4.86. The van der Waals surface area contributed by atoms with Crippen molar-refractivity contribution >= 4 is 23.3 Å². The largest absolute Gasteiger partial charge is 0.467 e. The lowest BCUT2D eigenvalue weighted by atomic mass is 9.99. The van der Waals surface area contributed by atoms with Crippen LogP contribution in [0.2, 0.25) is 5.02 Å². The van der Waals surface area contributed by atoms with Gasteiger partial charge in [0.05, 0.1) is 17.8 Å². The molecule has 0 amide bonds. The topological polar surface area (TPSA) is 38.3 Å². The summed E-state index contributed by atoms with van der Waals surface area (Å²) in [5, 5.41) is 3.73. The Labute approximate surface area is 129 Å². The number of carbonyl (C=O) groups excluding carboxylic acids is 1. The second-order valence-corrected chi connectivity index (χ2v) is 5.35. The molecule has 110 valence electrons. The molecule has 0 aliphatic heterocycles. The van der Waals surface area contributed by atoms with Crippen LogP contribution in [-0.2, 0) is 9.53 Å². The molecule has 0 saturated heterocycles. The molecule has 2 aromatic carbocycles. The molecule has 1 unspecified atom stereocenters. The smallest absolute Gasteiger partial charge is 0.332 e. The summed E-state index contributed by atoms with van der Waals surface area (Å²) in [4.78, 5) is 12.1. The summed E-state index contributed by atoms with van der Waals surface area (Å²) in [6.45, 7) is 4.00. The number of esters is 1. The van der Waals surface area contributed by atoms with E-state index < -0.39 is 6.04 Å². The molecule has 2 rings (SSSR count). The van der Waals surface area contributed by atoms with E-state index in [0.29, 0.717) is 10.7 Å². The van der Waals surface area contributed by atoms with Crippen molar-refractivity contribution in [2.75, 3.05) is 12.4 Å². The number of hydrogen-bond acceptors (Lipinski definition) is 3. The maximum absolute atomic E-state index is 12.1. The molecular weight excluding hydrogens is 286 g/mol. The number of aryl methyl sites for hydroxylation is 2. The fourth-order valence-electron chi connectivity index (χ4n) is 2.26. The van der Waals surface area contributed by atoms with Gasteiger partial charge in [-0.1, -0.05) is 47.5 Å². The number of hydrogen-bond donors (Lipinski definition) is 1. The molecule has 0 radical (unpaired) electrons. The van der Waals surface area contributed by atoms with Crippen molar-refractivity contribution in [2.45, 2.75) is 19.9 Å². The average molecular weight is 304 g/mol. The monoisotopic (exact) mass is 303 g/mol. The SMILES string of the molecule is COC(=O)C(Nc1ccccc1Cl)c1ccc(C)cc1C. The third-order valence-electron chi connectivity index (χ3n) is 3.35. The van der Waals surface area contributed by atoms with Crippen molar-refractivity contribution < 1.29 is 9.53 Å². The van der Waals surface area contributed by atoms with Gasteiger partial charge < -0.3 is 10.1 Å². The Hall–Kier alpha value is -2.00. The van der Waals surface area contributed by atoms with E-state index in [1.807, 2.05) is 50.2 Å². The second kappa shape index (κ2) is 6.64. The Morgan fingerprint density at radius 3 is 2.52 bits per heavy atom. The van der Waals surface area contributed by atoms with Crippen LogP contribution < -0.4 is 5.32 Å². The molecule has 0 aliphatic carbocycles. The van der Waals surface area contributed by atoms with Crippen LogP contribution in [-0.4, -0.2) is 13.1 Å². The summed E-state index contributed by atoms with van der Waals surface area (Å²) in [5.74, 6) is -0.345. The fraction of sp³-hybridized carbons (Fsp3) is 0.235. The van der Waals surface area contributed by atoms with Gasteiger partial charge in [-0.15, -0.1) is 0 Å². The number of para-hydroxylation sites is 1. The van der Waals surface area contributed by atoms with Crippen LogP contribution in [0.15, 0.2) is 42.5 Å². The molecule has 1 atom stereocenters. The first-order valence-corrected chi connectivity index (χ1v) is 7.06. The molecule has 4 heteroatoms. The van der Waals surface area contributed by atoms with Crippen LogP contribution >= 0.6 is 11.6 Å². The summed E-state index contributed by atoms with van der Waals surface area (Å²) in [6, 6.07) is 12.7. The Morgan fingerprint density at radius 1 is 1.19 bits per heavy atom. The summed E-state index contributed by atoms with van der Waals surface area (Å²) in [7, 11) is 1.38. The highest BCUT2D eigenvalue weighted by Gasteiger charge is 2.23. The van der Waals surface area contributed by atoms with Crippen molar-refractivity contribution in [1.82, 2.24) is 0 Å². The highest BCUT2D eigenvalue weighted by Crippen LogP contribution is 2.28. The van der Waals surface area contributed by atoms with Crippen LogP contribution in [0.25, 0.3) is 0 Å². The number of benzene rings is 2. The fourth-order valence-corrected chi connectivity index (χ4v) is 2.46. The van der Waals surface area contributed by atoms with Gasteiger partial charge in [-0.2, -0.15) is 0 Å². The number of nitrogens with one attached hydrogen (secondary N) is 1. The molecule has 2 aromatic rings. The Balaban J connectivity index is 2.40. The standard InChI is InChI=1S/C17H18ClNO2/c1-11-8-9-13(12(2)10-11)16(17(20)21-3)19-15-7-5-4-6-14(15)18/h4-10,16,19H,1-3H3. The van der Waals surface area contributed by atoms with Crippen molar-refractivity contribution in [1.29, 1.82) is 0 Å². The van der Waals surface area contributed by atoms with E-state index in [9.17, 15) is 4.79 Å². The zero-order chi connectivity index (χ0) is 15.4. The van der Waals surface area contributed by atoms with Crippen molar-refractivity contribution in [3.63, 3.8) is 0 Å². The predicted octanol–water partition coefficient (Wildman–Crippen LogP) is 4.28. The number of anilines is 1. The molecular formula is C17H18ClNO2. The molecule has 0 spiro atoms. The third-order valence-corrected chi connectivity index (χ3v) is 3.68. The molecule has 0 aromatic heterocycles. The quantitative estimate of drug-likeness (QED) is 0.857. The van der Waals surface area contributed by atoms with Gasteiger partial charge in [0.2, 0.25) is 0 Å². The van der Waals surface area contributed by atoms with Crippen molar-refractivity contribution in [3.8, 4) is 0 Å². The lowest BCUT2D eigenvalue weighted by Crippen LogP contribution is -2.23. The van der Waals surface area contributed by atoms with Crippen LogP contribution in [0.5, 0.6) is 0 Å². The average Bonchev–Trinajstić information content (AvgIpc) is 2.46. The van der Waals surface area contributed by atoms with Crippen LogP contribution in [0, 0.1) is 13.8 Å². The van der Waals surface area contributed by atoms with E-state index in [2.05, 4.69) is 5.32 Å². The Bertz CT molecular complexity index is 655. The van der Waals surface area contributed by atoms with Gasteiger partial charge in [0.15, 0.2) is 6.04 Å².